The molecule has 0 saturated carbocycles. The van der Waals surface area contributed by atoms with Crippen LogP contribution in [0.5, 0.6) is 0 Å². The zero-order chi connectivity index (χ0) is 18.1. The number of hydrogen-bond acceptors (Lipinski definition) is 5. The summed E-state index contributed by atoms with van der Waals surface area (Å²) < 4.78 is 18.6. The minimum atomic E-state index is -0.172. The molecule has 1 aromatic heterocycles. The zero-order valence-corrected chi connectivity index (χ0v) is 15.6. The third kappa shape index (κ3) is 3.62. The number of oxazole rings is 1. The lowest BCUT2D eigenvalue weighted by atomic mass is 10.0. The summed E-state index contributed by atoms with van der Waals surface area (Å²) in [5.74, 6) is 1.22. The lowest BCUT2D eigenvalue weighted by Gasteiger charge is -2.48. The van der Waals surface area contributed by atoms with E-state index in [9.17, 15) is 4.39 Å². The molecule has 2 saturated heterocycles. The summed E-state index contributed by atoms with van der Waals surface area (Å²) in [6.07, 6.45) is 1.57. The van der Waals surface area contributed by atoms with Gasteiger partial charge in [-0.1, -0.05) is 13.8 Å². The summed E-state index contributed by atoms with van der Waals surface area (Å²) in [6, 6.07) is 7.47. The number of piperazine rings is 1. The molecule has 4 rings (SSSR count). The number of benzene rings is 1. The largest absolute Gasteiger partial charge is 0.448 e. The van der Waals surface area contributed by atoms with Gasteiger partial charge in [0.25, 0.3) is 0 Å². The van der Waals surface area contributed by atoms with E-state index in [0.29, 0.717) is 12.0 Å². The Bertz CT molecular complexity index is 716. The predicted molar refractivity (Wildman–Crippen MR) is 99.8 cm³/mol. The highest BCUT2D eigenvalue weighted by atomic mass is 19.1. The van der Waals surface area contributed by atoms with Crippen molar-refractivity contribution in [1.82, 2.24) is 14.8 Å². The van der Waals surface area contributed by atoms with Gasteiger partial charge in [-0.05, 0) is 24.3 Å². The second-order valence-electron chi connectivity index (χ2n) is 7.67. The molecule has 0 atom stereocenters. The molecule has 0 aliphatic carbocycles. The van der Waals surface area contributed by atoms with Crippen LogP contribution in [-0.2, 0) is 6.54 Å². The highest BCUT2D eigenvalue weighted by Crippen LogP contribution is 2.24. The van der Waals surface area contributed by atoms with Crippen molar-refractivity contribution < 1.29 is 8.81 Å². The van der Waals surface area contributed by atoms with Gasteiger partial charge >= 0.3 is 0 Å². The van der Waals surface area contributed by atoms with Gasteiger partial charge in [0, 0.05) is 63.5 Å². The Morgan fingerprint density at radius 1 is 1.12 bits per heavy atom. The van der Waals surface area contributed by atoms with Crippen LogP contribution in [0.4, 0.5) is 10.1 Å². The number of nitrogens with zero attached hydrogens (tertiary/aromatic N) is 4. The standard InChI is InChI=1S/C20H27FN4O/c1-15(2)20-19(22-14-26-20)13-23-11-18(12-23)25-9-7-24(8-10-25)17-5-3-16(21)4-6-17/h3-6,14-15,18H,7-13H2,1-2H3. The van der Waals surface area contributed by atoms with Crippen molar-refractivity contribution in [2.75, 3.05) is 44.2 Å². The third-order valence-corrected chi connectivity index (χ3v) is 5.53. The van der Waals surface area contributed by atoms with Crippen LogP contribution in [0.15, 0.2) is 35.1 Å². The smallest absolute Gasteiger partial charge is 0.181 e. The molecular weight excluding hydrogens is 331 g/mol. The highest BCUT2D eigenvalue weighted by Gasteiger charge is 2.34. The van der Waals surface area contributed by atoms with Crippen LogP contribution in [0.3, 0.4) is 0 Å². The Morgan fingerprint density at radius 2 is 1.81 bits per heavy atom. The Morgan fingerprint density at radius 3 is 2.46 bits per heavy atom. The molecule has 2 aromatic rings. The monoisotopic (exact) mass is 358 g/mol. The minimum absolute atomic E-state index is 0.172. The van der Waals surface area contributed by atoms with E-state index in [4.69, 9.17) is 4.42 Å². The van der Waals surface area contributed by atoms with E-state index in [2.05, 4.69) is 33.5 Å². The lowest BCUT2D eigenvalue weighted by molar-refractivity contribution is 0.0246. The Balaban J connectivity index is 1.24. The second-order valence-corrected chi connectivity index (χ2v) is 7.67. The van der Waals surface area contributed by atoms with Crippen molar-refractivity contribution in [3.05, 3.63) is 47.9 Å². The average molecular weight is 358 g/mol. The molecule has 2 aliphatic heterocycles. The Hall–Kier alpha value is -1.92. The number of anilines is 1. The molecule has 2 aliphatic rings. The van der Waals surface area contributed by atoms with Gasteiger partial charge < -0.3 is 9.32 Å². The molecule has 26 heavy (non-hydrogen) atoms. The summed E-state index contributed by atoms with van der Waals surface area (Å²) >= 11 is 0. The van der Waals surface area contributed by atoms with Crippen molar-refractivity contribution in [3.63, 3.8) is 0 Å². The van der Waals surface area contributed by atoms with E-state index < -0.39 is 0 Å². The summed E-state index contributed by atoms with van der Waals surface area (Å²) in [4.78, 5) is 11.8. The number of rotatable bonds is 5. The molecule has 0 N–H and O–H groups in total. The van der Waals surface area contributed by atoms with Crippen LogP contribution in [0.25, 0.3) is 0 Å². The second kappa shape index (κ2) is 7.37. The van der Waals surface area contributed by atoms with Gasteiger partial charge in [0.05, 0.1) is 5.69 Å². The van der Waals surface area contributed by atoms with Crippen molar-refractivity contribution in [2.45, 2.75) is 32.4 Å². The van der Waals surface area contributed by atoms with Gasteiger partial charge in [-0.2, -0.15) is 0 Å². The van der Waals surface area contributed by atoms with Crippen LogP contribution in [0, 0.1) is 5.82 Å². The maximum Gasteiger partial charge on any atom is 0.181 e. The first-order valence-electron chi connectivity index (χ1n) is 9.49. The maximum absolute atomic E-state index is 13.1. The van der Waals surface area contributed by atoms with Crippen molar-refractivity contribution in [3.8, 4) is 0 Å². The van der Waals surface area contributed by atoms with Gasteiger partial charge in [-0.25, -0.2) is 9.37 Å². The van der Waals surface area contributed by atoms with Crippen LogP contribution in [0.2, 0.25) is 0 Å². The van der Waals surface area contributed by atoms with Crippen LogP contribution < -0.4 is 4.90 Å². The fourth-order valence-electron chi connectivity index (χ4n) is 3.98. The molecule has 140 valence electrons. The molecule has 0 radical (unpaired) electrons. The Labute approximate surface area is 154 Å². The molecule has 0 spiro atoms. The number of likely N-dealkylation sites (tertiary alicyclic amines) is 1. The van der Waals surface area contributed by atoms with E-state index in [1.807, 2.05) is 12.1 Å². The van der Waals surface area contributed by atoms with Gasteiger partial charge in [-0.3, -0.25) is 9.80 Å². The van der Waals surface area contributed by atoms with E-state index in [1.54, 1.807) is 18.5 Å². The lowest BCUT2D eigenvalue weighted by Crippen LogP contribution is -2.62. The van der Waals surface area contributed by atoms with Crippen LogP contribution in [-0.4, -0.2) is 60.1 Å². The highest BCUT2D eigenvalue weighted by molar-refractivity contribution is 5.46. The van der Waals surface area contributed by atoms with Crippen LogP contribution in [0.1, 0.15) is 31.2 Å². The molecule has 1 aromatic carbocycles. The fraction of sp³-hybridized carbons (Fsp3) is 0.550. The van der Waals surface area contributed by atoms with E-state index >= 15 is 0 Å². The predicted octanol–water partition coefficient (Wildman–Crippen LogP) is 2.94. The third-order valence-electron chi connectivity index (χ3n) is 5.53. The normalized spacial score (nSPS) is 19.9. The molecule has 6 heteroatoms. The van der Waals surface area contributed by atoms with Gasteiger partial charge in [0.1, 0.15) is 11.6 Å². The molecule has 3 heterocycles. The van der Waals surface area contributed by atoms with Gasteiger partial charge in [0.2, 0.25) is 0 Å². The molecule has 0 amide bonds. The topological polar surface area (TPSA) is 35.8 Å². The first kappa shape index (κ1) is 17.5. The Kier molecular flexibility index (Phi) is 4.96. The fourth-order valence-corrected chi connectivity index (χ4v) is 3.98. The van der Waals surface area contributed by atoms with Crippen molar-refractivity contribution in [1.29, 1.82) is 0 Å². The van der Waals surface area contributed by atoms with E-state index in [1.165, 1.54) is 0 Å². The van der Waals surface area contributed by atoms with E-state index in [0.717, 1.165) is 63.0 Å². The number of hydrogen-bond donors (Lipinski definition) is 0. The first-order valence-corrected chi connectivity index (χ1v) is 9.49. The quantitative estimate of drug-likeness (QED) is 0.821. The maximum atomic E-state index is 13.1. The van der Waals surface area contributed by atoms with Gasteiger partial charge in [-0.15, -0.1) is 0 Å². The van der Waals surface area contributed by atoms with Crippen LogP contribution >= 0.6 is 0 Å². The zero-order valence-electron chi connectivity index (χ0n) is 15.6. The summed E-state index contributed by atoms with van der Waals surface area (Å²) in [6.45, 7) is 11.5. The first-order chi connectivity index (χ1) is 12.6. The number of halogens is 1. The molecule has 5 nitrogen and oxygen atoms in total. The summed E-state index contributed by atoms with van der Waals surface area (Å²) in [5.41, 5.74) is 2.20. The summed E-state index contributed by atoms with van der Waals surface area (Å²) in [7, 11) is 0. The minimum Gasteiger partial charge on any atom is -0.448 e. The van der Waals surface area contributed by atoms with Crippen molar-refractivity contribution >= 4 is 5.69 Å². The van der Waals surface area contributed by atoms with Gasteiger partial charge in [0.15, 0.2) is 6.39 Å². The molecule has 0 unspecified atom stereocenters. The SMILES string of the molecule is CC(C)c1ocnc1CN1CC(N2CCN(c3ccc(F)cc3)CC2)C1. The number of aromatic nitrogens is 1. The van der Waals surface area contributed by atoms with Crippen molar-refractivity contribution in [2.24, 2.45) is 0 Å². The molecular formula is C20H27FN4O. The average Bonchev–Trinajstić information content (AvgIpc) is 3.07. The summed E-state index contributed by atoms with van der Waals surface area (Å²) in [5, 5.41) is 0. The molecule has 0 bridgehead atoms. The van der Waals surface area contributed by atoms with E-state index in [-0.39, 0.29) is 5.82 Å². The molecule has 2 fully saturated rings.